The number of carbonyl (C=O) groups excluding carboxylic acids is 1. The number of rotatable bonds is 6. The molecule has 0 unspecified atom stereocenters. The summed E-state index contributed by atoms with van der Waals surface area (Å²) in [5.41, 5.74) is 0.361. The van der Waals surface area contributed by atoms with E-state index in [0.29, 0.717) is 23.0 Å². The Hall–Kier alpha value is -2.86. The van der Waals surface area contributed by atoms with Gasteiger partial charge in [-0.15, -0.1) is 0 Å². The minimum Gasteiger partial charge on any atom is -0.484 e. The Bertz CT molecular complexity index is 930. The quantitative estimate of drug-likeness (QED) is 0.486. The second-order valence-electron chi connectivity index (χ2n) is 5.24. The van der Waals surface area contributed by atoms with Crippen LogP contribution in [0.1, 0.15) is 22.0 Å². The fourth-order valence-corrected chi connectivity index (χ4v) is 2.31. The van der Waals surface area contributed by atoms with Crippen LogP contribution in [0.15, 0.2) is 53.1 Å². The van der Waals surface area contributed by atoms with E-state index in [-0.39, 0.29) is 17.4 Å². The van der Waals surface area contributed by atoms with E-state index in [1.54, 1.807) is 42.2 Å². The molecule has 1 aromatic carbocycles. The van der Waals surface area contributed by atoms with Crippen LogP contribution < -0.4 is 4.74 Å². The standard InChI is InChI=1S/C18H14ClFN2O3/c1-22-9-8-16(21-22)17(23)6-5-13-3-4-14(25-13)11-24-18-7-2-12(20)10-15(18)19/h2-10H,11H2,1H3/b6-5+. The van der Waals surface area contributed by atoms with Gasteiger partial charge in [0, 0.05) is 13.2 Å². The summed E-state index contributed by atoms with van der Waals surface area (Å²) in [5, 5.41) is 4.22. The molecule has 2 heterocycles. The van der Waals surface area contributed by atoms with Crippen molar-refractivity contribution in [1.82, 2.24) is 9.78 Å². The van der Waals surface area contributed by atoms with Gasteiger partial charge in [-0.2, -0.15) is 5.10 Å². The molecule has 128 valence electrons. The summed E-state index contributed by atoms with van der Waals surface area (Å²) in [5.74, 6) is 0.772. The third kappa shape index (κ3) is 4.36. The number of allylic oxidation sites excluding steroid dienone is 1. The van der Waals surface area contributed by atoms with Gasteiger partial charge in [-0.1, -0.05) is 11.6 Å². The zero-order valence-electron chi connectivity index (χ0n) is 13.3. The summed E-state index contributed by atoms with van der Waals surface area (Å²) in [6, 6.07) is 8.97. The molecule has 3 aromatic rings. The lowest BCUT2D eigenvalue weighted by atomic mass is 10.2. The fraction of sp³-hybridized carbons (Fsp3) is 0.111. The van der Waals surface area contributed by atoms with E-state index >= 15 is 0 Å². The average Bonchev–Trinajstić information content (AvgIpc) is 3.21. The molecule has 0 saturated carbocycles. The van der Waals surface area contributed by atoms with Crippen LogP contribution in [-0.2, 0) is 13.7 Å². The van der Waals surface area contributed by atoms with Crippen LogP contribution in [0.5, 0.6) is 5.75 Å². The molecule has 2 aromatic heterocycles. The van der Waals surface area contributed by atoms with Gasteiger partial charge in [0.25, 0.3) is 0 Å². The van der Waals surface area contributed by atoms with E-state index in [4.69, 9.17) is 20.8 Å². The Balaban J connectivity index is 1.60. The lowest BCUT2D eigenvalue weighted by Gasteiger charge is -2.05. The maximum absolute atomic E-state index is 13.0. The molecule has 3 rings (SSSR count). The van der Waals surface area contributed by atoms with Crippen LogP contribution in [0.25, 0.3) is 6.08 Å². The van der Waals surface area contributed by atoms with Crippen molar-refractivity contribution in [3.8, 4) is 5.75 Å². The van der Waals surface area contributed by atoms with Crippen molar-refractivity contribution in [1.29, 1.82) is 0 Å². The molecule has 0 saturated heterocycles. The number of benzene rings is 1. The normalized spacial score (nSPS) is 11.2. The number of halogens is 2. The SMILES string of the molecule is Cn1ccc(C(=O)/C=C/c2ccc(COc3ccc(F)cc3Cl)o2)n1. The summed E-state index contributed by atoms with van der Waals surface area (Å²) in [4.78, 5) is 11.9. The first-order chi connectivity index (χ1) is 12.0. The van der Waals surface area contributed by atoms with Gasteiger partial charge in [-0.25, -0.2) is 4.39 Å². The van der Waals surface area contributed by atoms with Crippen LogP contribution in [0.4, 0.5) is 4.39 Å². The Morgan fingerprint density at radius 1 is 1.36 bits per heavy atom. The minimum atomic E-state index is -0.430. The number of aromatic nitrogens is 2. The van der Waals surface area contributed by atoms with E-state index in [2.05, 4.69) is 5.10 Å². The molecule has 0 aliphatic carbocycles. The lowest BCUT2D eigenvalue weighted by Crippen LogP contribution is -1.97. The Labute approximate surface area is 148 Å². The van der Waals surface area contributed by atoms with Crippen molar-refractivity contribution in [3.63, 3.8) is 0 Å². The predicted molar refractivity (Wildman–Crippen MR) is 91.0 cm³/mol. The fourth-order valence-electron chi connectivity index (χ4n) is 2.09. The number of furan rings is 1. The molecule has 0 aliphatic heterocycles. The van der Waals surface area contributed by atoms with Crippen LogP contribution in [0, 0.1) is 5.82 Å². The van der Waals surface area contributed by atoms with Gasteiger partial charge in [-0.3, -0.25) is 9.48 Å². The van der Waals surface area contributed by atoms with Gasteiger partial charge >= 0.3 is 0 Å². The van der Waals surface area contributed by atoms with Crippen LogP contribution in [0.3, 0.4) is 0 Å². The maximum atomic E-state index is 13.0. The number of aryl methyl sites for hydroxylation is 1. The van der Waals surface area contributed by atoms with Gasteiger partial charge in [0.05, 0.1) is 5.02 Å². The molecular formula is C18H14ClFN2O3. The monoisotopic (exact) mass is 360 g/mol. The average molecular weight is 361 g/mol. The zero-order valence-corrected chi connectivity index (χ0v) is 14.0. The molecule has 0 bridgehead atoms. The Kier molecular flexibility index (Phi) is 5.00. The summed E-state index contributed by atoms with van der Waals surface area (Å²) in [7, 11) is 1.74. The topological polar surface area (TPSA) is 57.3 Å². The largest absolute Gasteiger partial charge is 0.484 e. The van der Waals surface area contributed by atoms with Gasteiger partial charge < -0.3 is 9.15 Å². The number of carbonyl (C=O) groups is 1. The molecule has 0 spiro atoms. The smallest absolute Gasteiger partial charge is 0.206 e. The van der Waals surface area contributed by atoms with Crippen molar-refractivity contribution in [2.45, 2.75) is 6.61 Å². The Morgan fingerprint density at radius 3 is 2.92 bits per heavy atom. The molecule has 0 atom stereocenters. The molecule has 7 heteroatoms. The van der Waals surface area contributed by atoms with E-state index in [0.717, 1.165) is 0 Å². The second-order valence-corrected chi connectivity index (χ2v) is 5.65. The molecule has 25 heavy (non-hydrogen) atoms. The lowest BCUT2D eigenvalue weighted by molar-refractivity contribution is 0.104. The van der Waals surface area contributed by atoms with Crippen LogP contribution in [-0.4, -0.2) is 15.6 Å². The van der Waals surface area contributed by atoms with Crippen molar-refractivity contribution < 1.29 is 18.3 Å². The minimum absolute atomic E-state index is 0.132. The van der Waals surface area contributed by atoms with Crippen LogP contribution in [0.2, 0.25) is 5.02 Å². The third-order valence-electron chi connectivity index (χ3n) is 3.31. The molecule has 0 N–H and O–H groups in total. The first-order valence-electron chi connectivity index (χ1n) is 7.40. The van der Waals surface area contributed by atoms with Crippen LogP contribution >= 0.6 is 11.6 Å². The third-order valence-corrected chi connectivity index (χ3v) is 3.61. The van der Waals surface area contributed by atoms with E-state index in [1.165, 1.54) is 24.3 Å². The number of ketones is 1. The highest BCUT2D eigenvalue weighted by atomic mass is 35.5. The molecule has 0 aliphatic rings. The van der Waals surface area contributed by atoms with Crippen molar-refractivity contribution in [2.24, 2.45) is 7.05 Å². The molecule has 0 radical (unpaired) electrons. The summed E-state index contributed by atoms with van der Waals surface area (Å²) >= 11 is 5.89. The van der Waals surface area contributed by atoms with Gasteiger partial charge in [0.1, 0.15) is 35.4 Å². The highest BCUT2D eigenvalue weighted by Crippen LogP contribution is 2.26. The number of nitrogens with zero attached hydrogens (tertiary/aromatic N) is 2. The molecule has 0 fully saturated rings. The summed E-state index contributed by atoms with van der Waals surface area (Å²) < 4.78 is 25.6. The first-order valence-corrected chi connectivity index (χ1v) is 7.78. The van der Waals surface area contributed by atoms with E-state index in [1.807, 2.05) is 0 Å². The molecular weight excluding hydrogens is 347 g/mol. The maximum Gasteiger partial charge on any atom is 0.206 e. The van der Waals surface area contributed by atoms with Gasteiger partial charge in [0.2, 0.25) is 5.78 Å². The van der Waals surface area contributed by atoms with E-state index in [9.17, 15) is 9.18 Å². The van der Waals surface area contributed by atoms with Crippen molar-refractivity contribution in [2.75, 3.05) is 0 Å². The summed E-state index contributed by atoms with van der Waals surface area (Å²) in [6.45, 7) is 0.132. The first kappa shape index (κ1) is 17.0. The number of hydrogen-bond donors (Lipinski definition) is 0. The number of ether oxygens (including phenoxy) is 1. The number of hydrogen-bond acceptors (Lipinski definition) is 4. The molecule has 0 amide bonds. The van der Waals surface area contributed by atoms with E-state index < -0.39 is 5.82 Å². The second kappa shape index (κ2) is 7.36. The highest BCUT2D eigenvalue weighted by molar-refractivity contribution is 6.32. The van der Waals surface area contributed by atoms with Gasteiger partial charge in [-0.05, 0) is 48.6 Å². The molecule has 5 nitrogen and oxygen atoms in total. The van der Waals surface area contributed by atoms with Crippen molar-refractivity contribution in [3.05, 3.63) is 76.7 Å². The van der Waals surface area contributed by atoms with Gasteiger partial charge in [0.15, 0.2) is 0 Å². The summed E-state index contributed by atoms with van der Waals surface area (Å²) in [6.07, 6.45) is 4.65. The Morgan fingerprint density at radius 2 is 2.20 bits per heavy atom. The zero-order chi connectivity index (χ0) is 17.8. The van der Waals surface area contributed by atoms with Crippen molar-refractivity contribution >= 4 is 23.5 Å². The highest BCUT2D eigenvalue weighted by Gasteiger charge is 2.07. The predicted octanol–water partition coefficient (Wildman–Crippen LogP) is 4.28.